The van der Waals surface area contributed by atoms with Gasteiger partial charge in [0.05, 0.1) is 15.1 Å². The average Bonchev–Trinajstić information content (AvgIpc) is 3.23. The largest absolute Gasteiger partial charge is 0.482 e. The zero-order valence-corrected chi connectivity index (χ0v) is 17.3. The number of hydrogen-bond acceptors (Lipinski definition) is 3. The van der Waals surface area contributed by atoms with Gasteiger partial charge in [-0.3, -0.25) is 9.59 Å². The van der Waals surface area contributed by atoms with Gasteiger partial charge in [0.2, 0.25) is 0 Å². The molecule has 1 saturated heterocycles. The van der Waals surface area contributed by atoms with E-state index in [4.69, 9.17) is 39.5 Å². The minimum atomic E-state index is -0.306. The monoisotopic (exact) mass is 440 g/mol. The Kier molecular flexibility index (Phi) is 7.05. The highest BCUT2D eigenvalue weighted by atomic mass is 35.5. The third-order valence-electron chi connectivity index (χ3n) is 4.42. The van der Waals surface area contributed by atoms with Crippen molar-refractivity contribution in [2.75, 3.05) is 19.7 Å². The van der Waals surface area contributed by atoms with E-state index in [1.165, 1.54) is 12.1 Å². The van der Waals surface area contributed by atoms with Crippen LogP contribution in [0.2, 0.25) is 15.1 Å². The number of hydrogen-bond donors (Lipinski definition) is 1. The number of benzene rings is 2. The molecule has 1 heterocycles. The quantitative estimate of drug-likeness (QED) is 0.668. The Balaban J connectivity index is 1.48. The van der Waals surface area contributed by atoms with Gasteiger partial charge in [-0.05, 0) is 36.6 Å². The van der Waals surface area contributed by atoms with Crippen LogP contribution in [0.15, 0.2) is 36.4 Å². The molecule has 28 heavy (non-hydrogen) atoms. The number of nitrogens with one attached hydrogen (secondary N) is 1. The van der Waals surface area contributed by atoms with E-state index < -0.39 is 0 Å². The summed E-state index contributed by atoms with van der Waals surface area (Å²) >= 11 is 17.8. The molecular formula is C20H19Cl3N2O3. The molecular weight excluding hydrogens is 423 g/mol. The number of amides is 2. The summed E-state index contributed by atoms with van der Waals surface area (Å²) in [5.74, 6) is 0.0374. The molecule has 1 aliphatic heterocycles. The molecule has 0 bridgehead atoms. The van der Waals surface area contributed by atoms with Crippen molar-refractivity contribution < 1.29 is 14.3 Å². The van der Waals surface area contributed by atoms with Crippen molar-refractivity contribution in [3.63, 3.8) is 0 Å². The SMILES string of the molecule is O=C(COc1cc(Cl)c(Cl)cc1Cl)NCc1ccc(C(=O)N2CCCC2)cc1. The van der Waals surface area contributed by atoms with Crippen LogP contribution in [0.1, 0.15) is 28.8 Å². The molecule has 0 aliphatic carbocycles. The van der Waals surface area contributed by atoms with Crippen LogP contribution in [0.4, 0.5) is 0 Å². The molecule has 0 aromatic heterocycles. The Morgan fingerprint density at radius 3 is 2.29 bits per heavy atom. The molecule has 0 saturated carbocycles. The van der Waals surface area contributed by atoms with Crippen LogP contribution in [-0.2, 0) is 11.3 Å². The summed E-state index contributed by atoms with van der Waals surface area (Å²) in [5, 5.41) is 3.65. The zero-order chi connectivity index (χ0) is 20.1. The second-order valence-electron chi connectivity index (χ2n) is 6.46. The molecule has 1 N–H and O–H groups in total. The second kappa shape index (κ2) is 9.50. The van der Waals surface area contributed by atoms with E-state index in [-0.39, 0.29) is 29.2 Å². The molecule has 0 atom stereocenters. The fraction of sp³-hybridized carbons (Fsp3) is 0.300. The molecule has 2 amide bonds. The fourth-order valence-corrected chi connectivity index (χ4v) is 3.47. The topological polar surface area (TPSA) is 58.6 Å². The van der Waals surface area contributed by atoms with Gasteiger partial charge in [0, 0.05) is 31.3 Å². The number of ether oxygens (including phenoxy) is 1. The van der Waals surface area contributed by atoms with Gasteiger partial charge >= 0.3 is 0 Å². The van der Waals surface area contributed by atoms with Crippen LogP contribution in [-0.4, -0.2) is 36.4 Å². The molecule has 2 aromatic rings. The summed E-state index contributed by atoms with van der Waals surface area (Å²) in [7, 11) is 0. The van der Waals surface area contributed by atoms with Crippen molar-refractivity contribution in [2.24, 2.45) is 0 Å². The lowest BCUT2D eigenvalue weighted by molar-refractivity contribution is -0.123. The predicted octanol–water partition coefficient (Wildman–Crippen LogP) is 4.58. The zero-order valence-electron chi connectivity index (χ0n) is 15.0. The molecule has 148 valence electrons. The lowest BCUT2D eigenvalue weighted by Gasteiger charge is -2.15. The third kappa shape index (κ3) is 5.31. The molecule has 5 nitrogen and oxygen atoms in total. The van der Waals surface area contributed by atoms with Gasteiger partial charge in [-0.15, -0.1) is 0 Å². The minimum absolute atomic E-state index is 0.0555. The maximum absolute atomic E-state index is 12.3. The summed E-state index contributed by atoms with van der Waals surface area (Å²) in [6, 6.07) is 10.2. The van der Waals surface area contributed by atoms with Crippen molar-refractivity contribution in [1.82, 2.24) is 10.2 Å². The first-order chi connectivity index (χ1) is 13.4. The standard InChI is InChI=1S/C20H19Cl3N2O3/c21-15-9-17(23)18(10-16(15)22)28-12-19(26)24-11-13-3-5-14(6-4-13)20(27)25-7-1-2-8-25/h3-6,9-10H,1-2,7-8,11-12H2,(H,24,26). The number of carbonyl (C=O) groups excluding carboxylic acids is 2. The summed E-state index contributed by atoms with van der Waals surface area (Å²) in [4.78, 5) is 26.2. The van der Waals surface area contributed by atoms with Crippen molar-refractivity contribution in [2.45, 2.75) is 19.4 Å². The Morgan fingerprint density at radius 1 is 0.964 bits per heavy atom. The first-order valence-electron chi connectivity index (χ1n) is 8.86. The first-order valence-corrected chi connectivity index (χ1v) is 9.99. The molecule has 8 heteroatoms. The minimum Gasteiger partial charge on any atom is -0.482 e. The van der Waals surface area contributed by atoms with E-state index in [1.807, 2.05) is 17.0 Å². The van der Waals surface area contributed by atoms with Crippen LogP contribution in [0.3, 0.4) is 0 Å². The summed E-state index contributed by atoms with van der Waals surface area (Å²) in [6.07, 6.45) is 2.12. The number of halogens is 3. The van der Waals surface area contributed by atoms with Crippen molar-refractivity contribution >= 4 is 46.6 Å². The average molecular weight is 442 g/mol. The number of nitrogens with zero attached hydrogens (tertiary/aromatic N) is 1. The second-order valence-corrected chi connectivity index (χ2v) is 7.68. The maximum Gasteiger partial charge on any atom is 0.258 e. The van der Waals surface area contributed by atoms with E-state index in [1.54, 1.807) is 12.1 Å². The molecule has 3 rings (SSSR count). The molecule has 0 spiro atoms. The van der Waals surface area contributed by atoms with Crippen LogP contribution < -0.4 is 10.1 Å². The van der Waals surface area contributed by atoms with Gasteiger partial charge in [0.1, 0.15) is 5.75 Å². The van der Waals surface area contributed by atoms with Crippen molar-refractivity contribution in [3.8, 4) is 5.75 Å². The molecule has 0 unspecified atom stereocenters. The van der Waals surface area contributed by atoms with Gasteiger partial charge < -0.3 is 15.0 Å². The Bertz CT molecular complexity index is 866. The molecule has 1 fully saturated rings. The first kappa shape index (κ1) is 20.8. The van der Waals surface area contributed by atoms with Crippen LogP contribution in [0.5, 0.6) is 5.75 Å². The highest BCUT2D eigenvalue weighted by Gasteiger charge is 2.19. The third-order valence-corrected chi connectivity index (χ3v) is 5.43. The maximum atomic E-state index is 12.3. The van der Waals surface area contributed by atoms with Crippen LogP contribution in [0, 0.1) is 0 Å². The highest BCUT2D eigenvalue weighted by Crippen LogP contribution is 2.33. The lowest BCUT2D eigenvalue weighted by Crippen LogP contribution is -2.29. The predicted molar refractivity (Wildman–Crippen MR) is 110 cm³/mol. The van der Waals surface area contributed by atoms with Crippen LogP contribution >= 0.6 is 34.8 Å². The smallest absolute Gasteiger partial charge is 0.258 e. The summed E-state index contributed by atoms with van der Waals surface area (Å²) in [6.45, 7) is 1.76. The van der Waals surface area contributed by atoms with Gasteiger partial charge in [0.25, 0.3) is 11.8 Å². The van der Waals surface area contributed by atoms with E-state index in [2.05, 4.69) is 5.32 Å². The Labute approximate surface area is 178 Å². The Morgan fingerprint density at radius 2 is 1.61 bits per heavy atom. The van der Waals surface area contributed by atoms with Crippen LogP contribution in [0.25, 0.3) is 0 Å². The van der Waals surface area contributed by atoms with Crippen molar-refractivity contribution in [3.05, 3.63) is 62.6 Å². The van der Waals surface area contributed by atoms with Crippen molar-refractivity contribution in [1.29, 1.82) is 0 Å². The summed E-state index contributed by atoms with van der Waals surface area (Å²) < 4.78 is 5.39. The molecule has 1 aliphatic rings. The van der Waals surface area contributed by atoms with Gasteiger partial charge in [-0.1, -0.05) is 46.9 Å². The van der Waals surface area contributed by atoms with E-state index in [0.29, 0.717) is 22.2 Å². The van der Waals surface area contributed by atoms with Gasteiger partial charge in [-0.2, -0.15) is 0 Å². The van der Waals surface area contributed by atoms with E-state index >= 15 is 0 Å². The molecule has 2 aromatic carbocycles. The van der Waals surface area contributed by atoms with E-state index in [9.17, 15) is 9.59 Å². The lowest BCUT2D eigenvalue weighted by atomic mass is 10.1. The number of rotatable bonds is 6. The number of carbonyl (C=O) groups is 2. The fourth-order valence-electron chi connectivity index (χ4n) is 2.88. The Hall–Kier alpha value is -1.95. The molecule has 0 radical (unpaired) electrons. The number of likely N-dealkylation sites (tertiary alicyclic amines) is 1. The van der Waals surface area contributed by atoms with Gasteiger partial charge in [-0.25, -0.2) is 0 Å². The van der Waals surface area contributed by atoms with Gasteiger partial charge in [0.15, 0.2) is 6.61 Å². The highest BCUT2D eigenvalue weighted by molar-refractivity contribution is 6.43. The van der Waals surface area contributed by atoms with E-state index in [0.717, 1.165) is 31.5 Å². The normalized spacial score (nSPS) is 13.5. The summed E-state index contributed by atoms with van der Waals surface area (Å²) in [5.41, 5.74) is 1.55.